The van der Waals surface area contributed by atoms with Crippen molar-refractivity contribution < 1.29 is 0 Å². The Balaban J connectivity index is 1.12. The van der Waals surface area contributed by atoms with Gasteiger partial charge in [0.25, 0.3) is 6.71 Å². The Hall–Kier alpha value is -9.96. The topological polar surface area (TPSA) is 6.48 Å². The van der Waals surface area contributed by atoms with Gasteiger partial charge < -0.3 is 9.80 Å². The van der Waals surface area contributed by atoms with Crippen LogP contribution in [0.5, 0.6) is 0 Å². The van der Waals surface area contributed by atoms with E-state index < -0.39 is 0 Å². The number of hydrogen-bond donors (Lipinski definition) is 0. The van der Waals surface area contributed by atoms with E-state index >= 15 is 0 Å². The molecule has 0 spiro atoms. The minimum Gasteiger partial charge on any atom is -0.310 e. The minimum atomic E-state index is -0.275. The number of benzene rings is 13. The van der Waals surface area contributed by atoms with Crippen molar-refractivity contribution in [3.05, 3.63) is 296 Å². The number of rotatable bonds is 8. The van der Waals surface area contributed by atoms with Crippen LogP contribution in [0, 0.1) is 0 Å². The molecule has 15 rings (SSSR count). The molecule has 0 aromatic heterocycles. The molecule has 2 aliphatic heterocycles. The smallest absolute Gasteiger partial charge is 0.252 e. The number of fused-ring (bicyclic) bond motifs is 6. The van der Waals surface area contributed by atoms with E-state index in [4.69, 9.17) is 0 Å². The molecule has 430 valence electrons. The Kier molecular flexibility index (Phi) is 13.4. The summed E-state index contributed by atoms with van der Waals surface area (Å²) in [7, 11) is 0. The summed E-state index contributed by atoms with van der Waals surface area (Å²) in [5, 5.41) is 4.96. The lowest BCUT2D eigenvalue weighted by molar-refractivity contribution is 0.590. The van der Waals surface area contributed by atoms with E-state index in [2.05, 4.69) is 351 Å². The lowest BCUT2D eigenvalue weighted by Crippen LogP contribution is -2.61. The minimum absolute atomic E-state index is 0.151. The predicted molar refractivity (Wildman–Crippen MR) is 384 cm³/mol. The Morgan fingerprint density at radius 1 is 0.236 bits per heavy atom. The normalized spacial score (nSPS) is 12.9. The van der Waals surface area contributed by atoms with Crippen molar-refractivity contribution >= 4 is 78.8 Å². The van der Waals surface area contributed by atoms with Crippen molar-refractivity contribution in [2.45, 2.75) is 78.6 Å². The third-order valence-corrected chi connectivity index (χ3v) is 18.8. The van der Waals surface area contributed by atoms with Crippen LogP contribution in [0.4, 0.5) is 34.1 Å². The first-order valence-electron chi connectivity index (χ1n) is 31.7. The zero-order valence-corrected chi connectivity index (χ0v) is 52.5. The van der Waals surface area contributed by atoms with E-state index in [-0.39, 0.29) is 23.0 Å². The van der Waals surface area contributed by atoms with E-state index in [1.807, 2.05) is 0 Å². The molecule has 0 fully saturated rings. The maximum atomic E-state index is 2.72. The molecule has 0 amide bonds. The molecule has 2 heterocycles. The van der Waals surface area contributed by atoms with E-state index in [1.54, 1.807) is 0 Å². The monoisotopic (exact) mass is 1140 g/mol. The fourth-order valence-electron chi connectivity index (χ4n) is 14.0. The van der Waals surface area contributed by atoms with Crippen molar-refractivity contribution in [1.29, 1.82) is 0 Å². The second-order valence-corrected chi connectivity index (χ2v) is 27.8. The van der Waals surface area contributed by atoms with Crippen LogP contribution in [0.1, 0.15) is 79.0 Å². The molecule has 0 saturated heterocycles. The Morgan fingerprint density at radius 3 is 0.921 bits per heavy atom. The fourth-order valence-corrected chi connectivity index (χ4v) is 14.0. The highest BCUT2D eigenvalue weighted by atomic mass is 15.2. The number of hydrogen-bond acceptors (Lipinski definition) is 2. The first-order valence-corrected chi connectivity index (χ1v) is 31.7. The quantitative estimate of drug-likeness (QED) is 0.111. The zero-order chi connectivity index (χ0) is 60.9. The first kappa shape index (κ1) is 55.6. The van der Waals surface area contributed by atoms with Gasteiger partial charge in [-0.25, -0.2) is 0 Å². The van der Waals surface area contributed by atoms with Gasteiger partial charge in [-0.2, -0.15) is 0 Å². The molecule has 0 aliphatic carbocycles. The SMILES string of the molecule is CC(C)(C)c1cc(-c2ccccc2)c(N2c3cc(-c4ccccc4)ccc3B3c4ccc(-c5ccc6cc7ccccc7cc6c5)cc4N(c4c(-c5ccccc5)cc(C(C)(C)C)cc4-c4ccccc4)c4cc(C(C)(C)C)cc2c43)c(-c2ccccc2)c1. The van der Waals surface area contributed by atoms with Gasteiger partial charge in [0.2, 0.25) is 0 Å². The van der Waals surface area contributed by atoms with Gasteiger partial charge in [0.05, 0.1) is 11.4 Å². The molecule has 13 aromatic rings. The second-order valence-electron chi connectivity index (χ2n) is 27.8. The summed E-state index contributed by atoms with van der Waals surface area (Å²) in [5.41, 5.74) is 28.3. The van der Waals surface area contributed by atoms with Crippen LogP contribution in [-0.4, -0.2) is 6.71 Å². The van der Waals surface area contributed by atoms with Crippen molar-refractivity contribution in [2.75, 3.05) is 9.80 Å². The average molecular weight is 1150 g/mol. The fraction of sp³-hybridized carbons (Fsp3) is 0.140. The number of nitrogens with zero attached hydrogens (tertiary/aromatic N) is 2. The van der Waals surface area contributed by atoms with E-state index in [9.17, 15) is 0 Å². The van der Waals surface area contributed by atoms with Crippen LogP contribution in [-0.2, 0) is 16.2 Å². The molecule has 0 radical (unpaired) electrons. The molecule has 0 saturated carbocycles. The van der Waals surface area contributed by atoms with Gasteiger partial charge in [-0.3, -0.25) is 0 Å². The van der Waals surface area contributed by atoms with Crippen LogP contribution in [0.15, 0.2) is 279 Å². The third kappa shape index (κ3) is 9.85. The van der Waals surface area contributed by atoms with Gasteiger partial charge in [0, 0.05) is 45.0 Å². The number of anilines is 6. The Bertz CT molecular complexity index is 4750. The Morgan fingerprint density at radius 2 is 0.539 bits per heavy atom. The largest absolute Gasteiger partial charge is 0.310 e. The van der Waals surface area contributed by atoms with Crippen LogP contribution in [0.25, 0.3) is 88.3 Å². The predicted octanol–water partition coefficient (Wildman–Crippen LogP) is 22.0. The lowest BCUT2D eigenvalue weighted by Gasteiger charge is -2.47. The van der Waals surface area contributed by atoms with Crippen molar-refractivity contribution in [1.82, 2.24) is 0 Å². The molecule has 0 unspecified atom stereocenters. The average Bonchev–Trinajstić information content (AvgIpc) is 0.723. The van der Waals surface area contributed by atoms with Gasteiger partial charge in [0.1, 0.15) is 0 Å². The highest BCUT2D eigenvalue weighted by Crippen LogP contribution is 2.55. The van der Waals surface area contributed by atoms with Crippen LogP contribution in [0.2, 0.25) is 0 Å². The van der Waals surface area contributed by atoms with E-state index in [1.165, 1.54) is 144 Å². The molecule has 89 heavy (non-hydrogen) atoms. The second kappa shape index (κ2) is 21.4. The summed E-state index contributed by atoms with van der Waals surface area (Å²) < 4.78 is 0. The Labute approximate surface area is 526 Å². The zero-order valence-electron chi connectivity index (χ0n) is 52.5. The summed E-state index contributed by atoms with van der Waals surface area (Å²) in [6.45, 7) is 21.1. The summed E-state index contributed by atoms with van der Waals surface area (Å²) >= 11 is 0. The lowest BCUT2D eigenvalue weighted by atomic mass is 9.33. The highest BCUT2D eigenvalue weighted by molar-refractivity contribution is 7.00. The van der Waals surface area contributed by atoms with Crippen LogP contribution >= 0.6 is 0 Å². The summed E-state index contributed by atoms with van der Waals surface area (Å²) in [6, 6.07) is 106. The molecule has 2 nitrogen and oxygen atoms in total. The van der Waals surface area contributed by atoms with Gasteiger partial charge in [0.15, 0.2) is 0 Å². The van der Waals surface area contributed by atoms with E-state index in [0.717, 1.165) is 11.4 Å². The molecule has 13 aromatic carbocycles. The summed E-state index contributed by atoms with van der Waals surface area (Å²) in [4.78, 5) is 5.42. The molecule has 3 heteroatoms. The third-order valence-electron chi connectivity index (χ3n) is 18.8. The van der Waals surface area contributed by atoms with Crippen molar-refractivity contribution in [2.24, 2.45) is 0 Å². The van der Waals surface area contributed by atoms with Crippen LogP contribution in [0.3, 0.4) is 0 Å². The molecular weight excluding hydrogens is 1070 g/mol. The van der Waals surface area contributed by atoms with Crippen molar-refractivity contribution in [3.63, 3.8) is 0 Å². The van der Waals surface area contributed by atoms with Gasteiger partial charge >= 0.3 is 0 Å². The summed E-state index contributed by atoms with van der Waals surface area (Å²) in [5.74, 6) is 0. The molecule has 0 atom stereocenters. The molecule has 2 aliphatic rings. The maximum absolute atomic E-state index is 2.72. The highest BCUT2D eigenvalue weighted by Gasteiger charge is 2.46. The molecule has 0 bridgehead atoms. The van der Waals surface area contributed by atoms with Crippen LogP contribution < -0.4 is 26.2 Å². The van der Waals surface area contributed by atoms with Gasteiger partial charge in [-0.15, -0.1) is 0 Å². The first-order chi connectivity index (χ1) is 43.0. The van der Waals surface area contributed by atoms with Gasteiger partial charge in [-0.1, -0.05) is 275 Å². The van der Waals surface area contributed by atoms with Gasteiger partial charge in [-0.05, 0) is 182 Å². The maximum Gasteiger partial charge on any atom is 0.252 e. The van der Waals surface area contributed by atoms with E-state index in [0.29, 0.717) is 0 Å². The standard InChI is InChI=1S/C86H73BN2/c1-84(2,3)68-50-71(57-29-17-11-18-30-57)82(72(51-68)58-31-19-12-20-32-58)88-77-48-65(56-27-15-10-16-28-56)41-43-75(77)87-76-44-42-66(63-39-40-64-45-61-37-25-26-38-62(61)46-67(64)47-63)49-78(76)89(80-55-70(86(7,8)9)54-79(88)81(80)87)83-73(59-33-21-13-22-34-59)52-69(85(4,5)6)53-74(83)60-35-23-14-24-36-60/h10-55H,1-9H3. The van der Waals surface area contributed by atoms with Crippen molar-refractivity contribution in [3.8, 4) is 66.8 Å². The molecule has 0 N–H and O–H groups in total. The molecular formula is C86H73BN2. The summed E-state index contributed by atoms with van der Waals surface area (Å²) in [6.07, 6.45) is 0.